The highest BCUT2D eigenvalue weighted by atomic mass is 35.5. The molecule has 1 fully saturated rings. The average Bonchev–Trinajstić information content (AvgIpc) is 3.10. The van der Waals surface area contributed by atoms with Crippen LogP contribution in [0.2, 0.25) is 5.02 Å². The van der Waals surface area contributed by atoms with E-state index in [1.54, 1.807) is 12.1 Å². The van der Waals surface area contributed by atoms with E-state index in [-0.39, 0.29) is 38.5 Å². The largest absolute Gasteiger partial charge is 0.493 e. The van der Waals surface area contributed by atoms with Crippen molar-refractivity contribution in [2.75, 3.05) is 18.6 Å². The van der Waals surface area contributed by atoms with Crippen LogP contribution < -0.4 is 20.1 Å². The summed E-state index contributed by atoms with van der Waals surface area (Å²) in [6.07, 6.45) is 2.22. The lowest BCUT2D eigenvalue weighted by atomic mass is 9.97. The van der Waals surface area contributed by atoms with Crippen molar-refractivity contribution in [1.29, 1.82) is 0 Å². The summed E-state index contributed by atoms with van der Waals surface area (Å²) in [6, 6.07) is 10.4. The molecule has 1 aromatic carbocycles. The molecule has 190 valence electrons. The number of nitrogens with two attached hydrogens (primary N) is 1. The van der Waals surface area contributed by atoms with Gasteiger partial charge in [-0.1, -0.05) is 24.6 Å². The fourth-order valence-corrected chi connectivity index (χ4v) is 6.17. The summed E-state index contributed by atoms with van der Waals surface area (Å²) < 4.78 is 38.5. The molecule has 4 rings (SSSR count). The lowest BCUT2D eigenvalue weighted by Gasteiger charge is -2.33. The van der Waals surface area contributed by atoms with Crippen molar-refractivity contribution in [3.05, 3.63) is 59.2 Å². The Morgan fingerprint density at radius 1 is 1.19 bits per heavy atom. The second-order valence-electron chi connectivity index (χ2n) is 9.32. The number of sulfone groups is 1. The molecule has 0 saturated carbocycles. The van der Waals surface area contributed by atoms with Crippen molar-refractivity contribution < 1.29 is 22.7 Å². The number of nitrogens with zero attached hydrogens (tertiary/aromatic N) is 3. The third-order valence-corrected chi connectivity index (χ3v) is 8.00. The maximum Gasteiger partial charge on any atom is 0.253 e. The molecule has 0 bridgehead atoms. The van der Waals surface area contributed by atoms with E-state index in [1.807, 2.05) is 18.7 Å². The Morgan fingerprint density at radius 3 is 2.58 bits per heavy atom. The zero-order valence-electron chi connectivity index (χ0n) is 20.4. The van der Waals surface area contributed by atoms with Crippen LogP contribution in [0, 0.1) is 5.92 Å². The lowest BCUT2D eigenvalue weighted by molar-refractivity contribution is 0.0997. The number of hydrogen-bond acceptors (Lipinski definition) is 8. The van der Waals surface area contributed by atoms with Crippen molar-refractivity contribution in [3.63, 3.8) is 0 Å². The van der Waals surface area contributed by atoms with E-state index in [4.69, 9.17) is 26.8 Å². The Morgan fingerprint density at radius 2 is 1.94 bits per heavy atom. The van der Waals surface area contributed by atoms with Crippen LogP contribution in [0.1, 0.15) is 37.6 Å². The van der Waals surface area contributed by atoms with E-state index in [2.05, 4.69) is 16.9 Å². The fraction of sp³-hybridized carbons (Fsp3) is 0.320. The van der Waals surface area contributed by atoms with Gasteiger partial charge in [-0.05, 0) is 50.5 Å². The van der Waals surface area contributed by atoms with Crippen molar-refractivity contribution in [3.8, 4) is 17.4 Å². The van der Waals surface area contributed by atoms with Crippen LogP contribution in [0.25, 0.3) is 0 Å². The lowest BCUT2D eigenvalue weighted by Crippen LogP contribution is -2.40. The molecule has 1 aliphatic rings. The molecule has 1 amide bonds. The third kappa shape index (κ3) is 4.83. The first-order chi connectivity index (χ1) is 16.9. The summed E-state index contributed by atoms with van der Waals surface area (Å²) in [4.78, 5) is 22.8. The van der Waals surface area contributed by atoms with Gasteiger partial charge in [-0.15, -0.1) is 0 Å². The van der Waals surface area contributed by atoms with Gasteiger partial charge in [0.1, 0.15) is 11.4 Å². The number of amides is 1. The number of benzene rings is 1. The normalized spacial score (nSPS) is 17.1. The molecular weight excluding hydrogens is 504 g/mol. The van der Waals surface area contributed by atoms with E-state index in [0.717, 1.165) is 6.42 Å². The van der Waals surface area contributed by atoms with Crippen molar-refractivity contribution in [2.24, 2.45) is 11.7 Å². The quantitative estimate of drug-likeness (QED) is 0.473. The molecule has 11 heteroatoms. The smallest absolute Gasteiger partial charge is 0.253 e. The van der Waals surface area contributed by atoms with Gasteiger partial charge < -0.3 is 20.1 Å². The van der Waals surface area contributed by atoms with Gasteiger partial charge in [0, 0.05) is 35.4 Å². The summed E-state index contributed by atoms with van der Waals surface area (Å²) in [5.41, 5.74) is 5.22. The number of carbonyl (C=O) groups is 1. The topological polar surface area (TPSA) is 125 Å². The molecule has 1 aliphatic heterocycles. The molecule has 36 heavy (non-hydrogen) atoms. The molecule has 1 atom stereocenters. The van der Waals surface area contributed by atoms with Crippen molar-refractivity contribution >= 4 is 33.2 Å². The van der Waals surface area contributed by atoms with Crippen molar-refractivity contribution in [2.45, 2.75) is 42.7 Å². The van der Waals surface area contributed by atoms with Gasteiger partial charge in [0.2, 0.25) is 15.7 Å². The van der Waals surface area contributed by atoms with Crippen LogP contribution in [0.15, 0.2) is 58.6 Å². The molecular formula is C25H27ClN4O5S. The minimum atomic E-state index is -4.27. The number of halogens is 1. The third-order valence-electron chi connectivity index (χ3n) is 6.07. The number of primary amides is 1. The highest BCUT2D eigenvalue weighted by Crippen LogP contribution is 2.39. The molecule has 0 radical (unpaired) electrons. The molecule has 9 nitrogen and oxygen atoms in total. The number of methoxy groups -OCH3 is 1. The Hall–Kier alpha value is -3.37. The summed E-state index contributed by atoms with van der Waals surface area (Å²) in [5, 5.41) is 0.0961. The minimum absolute atomic E-state index is 0.000970. The van der Waals surface area contributed by atoms with Gasteiger partial charge >= 0.3 is 0 Å². The Kier molecular flexibility index (Phi) is 6.85. The predicted octanol–water partition coefficient (Wildman–Crippen LogP) is 4.49. The molecule has 3 heterocycles. The fourth-order valence-electron chi connectivity index (χ4n) is 4.61. The Bertz CT molecular complexity index is 1430. The van der Waals surface area contributed by atoms with Crippen LogP contribution >= 0.6 is 11.6 Å². The van der Waals surface area contributed by atoms with Crippen molar-refractivity contribution in [1.82, 2.24) is 9.97 Å². The average molecular weight is 531 g/mol. The van der Waals surface area contributed by atoms with Gasteiger partial charge in [0.05, 0.1) is 12.0 Å². The number of ether oxygens (including phenoxy) is 2. The first kappa shape index (κ1) is 25.7. The number of aromatic nitrogens is 2. The maximum absolute atomic E-state index is 13.7. The Labute approximate surface area is 215 Å². The van der Waals surface area contributed by atoms with E-state index in [9.17, 15) is 13.2 Å². The summed E-state index contributed by atoms with van der Waals surface area (Å²) >= 11 is 6.06. The number of pyridine rings is 2. The molecule has 2 aromatic heterocycles. The number of hydrogen-bond donors (Lipinski definition) is 1. The SMILES string of the molecule is COc1ccc(Cl)cc1Oc1cccc(S(=O)(=O)c2ccnc(N3CC(C)CC3(C)C)c2C(N)=O)n1. The standard InChI is InChI=1S/C25H27ClN4O5S/c1-15-13-25(2,3)30(14-15)24-22(23(27)31)19(10-11-28-24)36(32,33)21-7-5-6-20(29-21)35-18-12-16(26)8-9-17(18)34-4/h5-12,15H,13-14H2,1-4H3,(H2,27,31). The van der Waals surface area contributed by atoms with Crippen LogP contribution in [0.4, 0.5) is 5.82 Å². The monoisotopic (exact) mass is 530 g/mol. The first-order valence-corrected chi connectivity index (χ1v) is 13.1. The predicted molar refractivity (Wildman–Crippen MR) is 136 cm³/mol. The molecule has 1 unspecified atom stereocenters. The van der Waals surface area contributed by atoms with Gasteiger partial charge in [-0.25, -0.2) is 18.4 Å². The zero-order valence-corrected chi connectivity index (χ0v) is 21.9. The van der Waals surface area contributed by atoms with Gasteiger partial charge in [-0.3, -0.25) is 4.79 Å². The van der Waals surface area contributed by atoms with Crippen LogP contribution in [-0.4, -0.2) is 43.5 Å². The maximum atomic E-state index is 13.7. The number of carbonyl (C=O) groups excluding carboxylic acids is 1. The summed E-state index contributed by atoms with van der Waals surface area (Å²) in [5.74, 6) is 0.355. The van der Waals surface area contributed by atoms with E-state index < -0.39 is 15.7 Å². The van der Waals surface area contributed by atoms with Gasteiger partial charge in [-0.2, -0.15) is 0 Å². The summed E-state index contributed by atoms with van der Waals surface area (Å²) in [7, 11) is -2.80. The summed E-state index contributed by atoms with van der Waals surface area (Å²) in [6.45, 7) is 6.76. The zero-order chi connectivity index (χ0) is 26.3. The molecule has 3 aromatic rings. The number of rotatable bonds is 7. The van der Waals surface area contributed by atoms with Crippen LogP contribution in [0.5, 0.6) is 17.4 Å². The van der Waals surface area contributed by atoms with Gasteiger partial charge in [0.25, 0.3) is 5.91 Å². The molecule has 1 saturated heterocycles. The van der Waals surface area contributed by atoms with E-state index in [0.29, 0.717) is 23.2 Å². The van der Waals surface area contributed by atoms with E-state index in [1.165, 1.54) is 43.6 Å². The minimum Gasteiger partial charge on any atom is -0.493 e. The molecule has 2 N–H and O–H groups in total. The second-order valence-corrected chi connectivity index (χ2v) is 11.6. The highest BCUT2D eigenvalue weighted by molar-refractivity contribution is 7.91. The highest BCUT2D eigenvalue weighted by Gasteiger charge is 2.40. The number of anilines is 1. The van der Waals surface area contributed by atoms with Crippen LogP contribution in [-0.2, 0) is 9.84 Å². The van der Waals surface area contributed by atoms with Crippen LogP contribution in [0.3, 0.4) is 0 Å². The molecule has 0 aliphatic carbocycles. The Balaban J connectivity index is 1.78. The molecule has 0 spiro atoms. The second kappa shape index (κ2) is 9.59. The van der Waals surface area contributed by atoms with Gasteiger partial charge in [0.15, 0.2) is 16.5 Å². The first-order valence-electron chi connectivity index (χ1n) is 11.2. The van der Waals surface area contributed by atoms with E-state index >= 15 is 0 Å².